The third-order valence-corrected chi connectivity index (χ3v) is 3.92. The van der Waals surface area contributed by atoms with E-state index < -0.39 is 0 Å². The molecule has 84 valence electrons. The zero-order chi connectivity index (χ0) is 11.0. The van der Waals surface area contributed by atoms with Gasteiger partial charge in [-0.2, -0.15) is 0 Å². The van der Waals surface area contributed by atoms with E-state index in [1.165, 1.54) is 23.1 Å². The number of benzene rings is 1. The maximum Gasteiger partial charge on any atom is 0.0907 e. The van der Waals surface area contributed by atoms with Crippen molar-refractivity contribution in [2.45, 2.75) is 32.2 Å². The van der Waals surface area contributed by atoms with Crippen molar-refractivity contribution in [3.63, 3.8) is 0 Å². The Bertz CT molecular complexity index is 500. The molecule has 0 spiro atoms. The van der Waals surface area contributed by atoms with Crippen molar-refractivity contribution < 1.29 is 0 Å². The van der Waals surface area contributed by atoms with E-state index >= 15 is 0 Å². The Hall–Kier alpha value is -0.930. The van der Waals surface area contributed by atoms with Gasteiger partial charge in [-0.3, -0.25) is 0 Å². The van der Waals surface area contributed by atoms with Crippen LogP contribution < -0.4 is 5.32 Å². The highest BCUT2D eigenvalue weighted by Crippen LogP contribution is 2.23. The van der Waals surface area contributed by atoms with Gasteiger partial charge in [0.1, 0.15) is 0 Å². The molecular formula is C13H16N2S. The van der Waals surface area contributed by atoms with Gasteiger partial charge in [-0.05, 0) is 50.4 Å². The first-order valence-corrected chi connectivity index (χ1v) is 6.72. The lowest BCUT2D eigenvalue weighted by atomic mass is 10.1. The van der Waals surface area contributed by atoms with Crippen molar-refractivity contribution in [1.82, 2.24) is 10.3 Å². The summed E-state index contributed by atoms with van der Waals surface area (Å²) in [7, 11) is 0. The lowest BCUT2D eigenvalue weighted by Crippen LogP contribution is -2.19. The summed E-state index contributed by atoms with van der Waals surface area (Å²) in [6, 6.07) is 7.45. The van der Waals surface area contributed by atoms with Gasteiger partial charge in [-0.1, -0.05) is 6.07 Å². The highest BCUT2D eigenvalue weighted by Gasteiger charge is 2.19. The predicted molar refractivity (Wildman–Crippen MR) is 69.1 cm³/mol. The topological polar surface area (TPSA) is 24.9 Å². The van der Waals surface area contributed by atoms with Crippen molar-refractivity contribution in [3.8, 4) is 0 Å². The summed E-state index contributed by atoms with van der Waals surface area (Å²) in [5.74, 6) is 0. The van der Waals surface area contributed by atoms with E-state index in [1.54, 1.807) is 11.3 Å². The Morgan fingerprint density at radius 2 is 2.31 bits per heavy atom. The smallest absolute Gasteiger partial charge is 0.0907 e. The number of thiazole rings is 1. The van der Waals surface area contributed by atoms with Crippen LogP contribution in [0.1, 0.15) is 23.4 Å². The Morgan fingerprint density at radius 3 is 3.12 bits per heavy atom. The zero-order valence-corrected chi connectivity index (χ0v) is 10.3. The Morgan fingerprint density at radius 1 is 1.44 bits per heavy atom. The summed E-state index contributed by atoms with van der Waals surface area (Å²) in [6.07, 6.45) is 3.86. The average Bonchev–Trinajstić information content (AvgIpc) is 2.99. The largest absolute Gasteiger partial charge is 0.314 e. The van der Waals surface area contributed by atoms with Crippen molar-refractivity contribution in [2.75, 3.05) is 6.54 Å². The number of nitrogens with one attached hydrogen (secondary N) is 1. The number of hydrogen-bond donors (Lipinski definition) is 1. The van der Waals surface area contributed by atoms with E-state index in [-0.39, 0.29) is 0 Å². The fourth-order valence-corrected chi connectivity index (χ4v) is 2.84. The first-order valence-electron chi connectivity index (χ1n) is 5.91. The minimum atomic E-state index is 0.814. The Balaban J connectivity index is 1.70. The minimum Gasteiger partial charge on any atom is -0.314 e. The van der Waals surface area contributed by atoms with Crippen LogP contribution in [-0.2, 0) is 6.42 Å². The van der Waals surface area contributed by atoms with Crippen LogP contribution in [0, 0.1) is 6.92 Å². The molecule has 3 heteroatoms. The Labute approximate surface area is 99.7 Å². The second-order valence-electron chi connectivity index (χ2n) is 4.51. The van der Waals surface area contributed by atoms with Gasteiger partial charge in [0, 0.05) is 6.04 Å². The number of rotatable bonds is 4. The molecule has 1 aliphatic carbocycles. The zero-order valence-electron chi connectivity index (χ0n) is 9.49. The maximum atomic E-state index is 4.48. The van der Waals surface area contributed by atoms with Crippen LogP contribution in [-0.4, -0.2) is 17.6 Å². The van der Waals surface area contributed by atoms with Crippen LogP contribution in [0.4, 0.5) is 0 Å². The van der Waals surface area contributed by atoms with Crippen LogP contribution in [0.3, 0.4) is 0 Å². The lowest BCUT2D eigenvalue weighted by molar-refractivity contribution is 0.682. The van der Waals surface area contributed by atoms with Crippen LogP contribution in [0.2, 0.25) is 0 Å². The fourth-order valence-electron chi connectivity index (χ4n) is 1.95. The summed E-state index contributed by atoms with van der Waals surface area (Å²) in [5, 5.41) is 4.70. The number of fused-ring (bicyclic) bond motifs is 1. The summed E-state index contributed by atoms with van der Waals surface area (Å²) in [5.41, 5.74) is 2.56. The monoisotopic (exact) mass is 232 g/mol. The molecule has 0 bridgehead atoms. The normalized spacial score (nSPS) is 15.8. The number of hydrogen-bond acceptors (Lipinski definition) is 3. The first-order chi connectivity index (χ1) is 7.81. The third-order valence-electron chi connectivity index (χ3n) is 2.98. The van der Waals surface area contributed by atoms with Crippen LogP contribution >= 0.6 is 11.3 Å². The van der Waals surface area contributed by atoms with Crippen molar-refractivity contribution in [1.29, 1.82) is 0 Å². The minimum absolute atomic E-state index is 0.814. The highest BCUT2D eigenvalue weighted by atomic mass is 32.1. The molecule has 0 radical (unpaired) electrons. The third kappa shape index (κ3) is 2.25. The molecular weight excluding hydrogens is 216 g/mol. The van der Waals surface area contributed by atoms with Crippen molar-refractivity contribution in [3.05, 3.63) is 28.8 Å². The second-order valence-corrected chi connectivity index (χ2v) is 5.75. The van der Waals surface area contributed by atoms with Gasteiger partial charge >= 0.3 is 0 Å². The van der Waals surface area contributed by atoms with Gasteiger partial charge in [-0.25, -0.2) is 4.98 Å². The number of aromatic nitrogens is 1. The Kier molecular flexibility index (Phi) is 2.65. The molecule has 0 atom stereocenters. The molecule has 0 saturated heterocycles. The standard InChI is InChI=1S/C13H16N2S/c1-9-15-12-5-2-10(8-13(12)16-9)6-7-14-11-3-4-11/h2,5,8,11,14H,3-4,6-7H2,1H3. The molecule has 2 aromatic rings. The van der Waals surface area contributed by atoms with Crippen LogP contribution in [0.5, 0.6) is 0 Å². The summed E-state index contributed by atoms with van der Waals surface area (Å²) < 4.78 is 1.32. The van der Waals surface area contributed by atoms with E-state index in [4.69, 9.17) is 0 Å². The number of aryl methyl sites for hydroxylation is 1. The molecule has 1 aromatic carbocycles. The maximum absolute atomic E-state index is 4.48. The lowest BCUT2D eigenvalue weighted by Gasteiger charge is -2.02. The van der Waals surface area contributed by atoms with E-state index in [0.717, 1.165) is 29.5 Å². The van der Waals surface area contributed by atoms with E-state index in [9.17, 15) is 0 Å². The molecule has 1 fully saturated rings. The van der Waals surface area contributed by atoms with Crippen LogP contribution in [0.25, 0.3) is 10.2 Å². The predicted octanol–water partition coefficient (Wildman–Crippen LogP) is 2.90. The first kappa shape index (κ1) is 10.2. The molecule has 16 heavy (non-hydrogen) atoms. The molecule has 1 aromatic heterocycles. The molecule has 3 rings (SSSR count). The van der Waals surface area contributed by atoms with Gasteiger partial charge in [0.15, 0.2) is 0 Å². The summed E-state index contributed by atoms with van der Waals surface area (Å²) >= 11 is 1.79. The van der Waals surface area contributed by atoms with Gasteiger partial charge in [0.25, 0.3) is 0 Å². The molecule has 1 N–H and O–H groups in total. The average molecular weight is 232 g/mol. The molecule has 1 heterocycles. The fraction of sp³-hybridized carbons (Fsp3) is 0.462. The molecule has 1 saturated carbocycles. The second kappa shape index (κ2) is 4.15. The van der Waals surface area contributed by atoms with E-state index in [0.29, 0.717) is 0 Å². The van der Waals surface area contributed by atoms with Crippen LogP contribution in [0.15, 0.2) is 18.2 Å². The molecule has 0 amide bonds. The van der Waals surface area contributed by atoms with Gasteiger partial charge in [0.05, 0.1) is 15.2 Å². The van der Waals surface area contributed by atoms with Gasteiger partial charge < -0.3 is 5.32 Å². The van der Waals surface area contributed by atoms with Gasteiger partial charge in [0.2, 0.25) is 0 Å². The molecule has 2 nitrogen and oxygen atoms in total. The summed E-state index contributed by atoms with van der Waals surface area (Å²) in [4.78, 5) is 4.48. The highest BCUT2D eigenvalue weighted by molar-refractivity contribution is 7.18. The summed E-state index contributed by atoms with van der Waals surface area (Å²) in [6.45, 7) is 3.17. The molecule has 0 unspecified atom stereocenters. The molecule has 0 aliphatic heterocycles. The quantitative estimate of drug-likeness (QED) is 0.876. The van der Waals surface area contributed by atoms with Crippen molar-refractivity contribution in [2.24, 2.45) is 0 Å². The van der Waals surface area contributed by atoms with Crippen molar-refractivity contribution >= 4 is 21.6 Å². The van der Waals surface area contributed by atoms with Gasteiger partial charge in [-0.15, -0.1) is 11.3 Å². The SMILES string of the molecule is Cc1nc2ccc(CCNC3CC3)cc2s1. The van der Waals surface area contributed by atoms with E-state index in [2.05, 4.69) is 35.4 Å². The number of nitrogens with zero attached hydrogens (tertiary/aromatic N) is 1. The van der Waals surface area contributed by atoms with E-state index in [1.807, 2.05) is 0 Å². The molecule has 1 aliphatic rings.